The van der Waals surface area contributed by atoms with Gasteiger partial charge in [-0.15, -0.1) is 0 Å². The van der Waals surface area contributed by atoms with Crippen LogP contribution in [0.15, 0.2) is 4.34 Å². The molecule has 0 bridgehead atoms. The Labute approximate surface area is 93.9 Å². The molecule has 0 spiro atoms. The molecule has 1 atom stereocenters. The van der Waals surface area contributed by atoms with E-state index in [1.54, 1.807) is 11.8 Å². The second-order valence-corrected chi connectivity index (χ2v) is 5.31. The van der Waals surface area contributed by atoms with Crippen LogP contribution >= 0.6 is 23.3 Å². The third-order valence-corrected chi connectivity index (χ3v) is 3.87. The summed E-state index contributed by atoms with van der Waals surface area (Å²) in [6.07, 6.45) is 1.18. The third-order valence-electron chi connectivity index (χ3n) is 1.94. The summed E-state index contributed by atoms with van der Waals surface area (Å²) in [6, 6.07) is 0.617. The van der Waals surface area contributed by atoms with E-state index in [0.717, 1.165) is 22.5 Å². The van der Waals surface area contributed by atoms with Crippen molar-refractivity contribution in [2.24, 2.45) is 0 Å². The summed E-state index contributed by atoms with van der Waals surface area (Å²) in [5.41, 5.74) is 0. The molecule has 0 aliphatic rings. The van der Waals surface area contributed by atoms with Gasteiger partial charge in [0.05, 0.1) is 0 Å². The molecule has 14 heavy (non-hydrogen) atoms. The molecule has 1 heterocycles. The number of hydrogen-bond acceptors (Lipinski definition) is 5. The first-order chi connectivity index (χ1) is 6.72. The lowest BCUT2D eigenvalue weighted by Gasteiger charge is -2.09. The second-order valence-electron chi connectivity index (χ2n) is 3.22. The standard InChI is InChI=1S/C9H17N3S2/c1-4-7(2)10-5-6-13-9-11-8(3)12-14-9/h7,10H,4-6H2,1-3H3. The zero-order chi connectivity index (χ0) is 10.4. The molecule has 80 valence electrons. The Balaban J connectivity index is 2.10. The zero-order valence-corrected chi connectivity index (χ0v) is 10.5. The van der Waals surface area contributed by atoms with E-state index in [-0.39, 0.29) is 0 Å². The number of rotatable bonds is 6. The minimum atomic E-state index is 0.617. The van der Waals surface area contributed by atoms with Crippen LogP contribution in [0.4, 0.5) is 0 Å². The summed E-state index contributed by atoms with van der Waals surface area (Å²) in [6.45, 7) is 7.37. The fourth-order valence-corrected chi connectivity index (χ4v) is 2.51. The molecular formula is C9H17N3S2. The van der Waals surface area contributed by atoms with Gasteiger partial charge in [0.15, 0.2) is 4.34 Å². The molecule has 1 aromatic rings. The smallest absolute Gasteiger partial charge is 0.170 e. The first kappa shape index (κ1) is 11.9. The normalized spacial score (nSPS) is 13.1. The fourth-order valence-electron chi connectivity index (χ4n) is 0.925. The van der Waals surface area contributed by atoms with Gasteiger partial charge in [0, 0.05) is 18.3 Å². The number of aromatic nitrogens is 2. The molecule has 3 nitrogen and oxygen atoms in total. The number of thioether (sulfide) groups is 1. The first-order valence-corrected chi connectivity index (χ1v) is 6.64. The molecular weight excluding hydrogens is 214 g/mol. The Kier molecular flexibility index (Phi) is 5.44. The number of aryl methyl sites for hydroxylation is 1. The van der Waals surface area contributed by atoms with Gasteiger partial charge in [-0.2, -0.15) is 4.37 Å². The van der Waals surface area contributed by atoms with Gasteiger partial charge in [-0.1, -0.05) is 18.7 Å². The lowest BCUT2D eigenvalue weighted by Crippen LogP contribution is -2.27. The van der Waals surface area contributed by atoms with Crippen LogP contribution in [-0.4, -0.2) is 27.7 Å². The van der Waals surface area contributed by atoms with Crippen LogP contribution in [0, 0.1) is 6.92 Å². The minimum Gasteiger partial charge on any atom is -0.313 e. The average molecular weight is 231 g/mol. The molecule has 1 unspecified atom stereocenters. The predicted octanol–water partition coefficient (Wildman–Crippen LogP) is 2.33. The van der Waals surface area contributed by atoms with Crippen LogP contribution in [0.5, 0.6) is 0 Å². The van der Waals surface area contributed by atoms with Crippen molar-refractivity contribution in [2.75, 3.05) is 12.3 Å². The Morgan fingerprint density at radius 3 is 2.93 bits per heavy atom. The molecule has 0 aliphatic carbocycles. The summed E-state index contributed by atoms with van der Waals surface area (Å²) in [4.78, 5) is 4.29. The molecule has 5 heteroatoms. The highest BCUT2D eigenvalue weighted by molar-refractivity contribution is 8.00. The maximum absolute atomic E-state index is 4.29. The quantitative estimate of drug-likeness (QED) is 0.602. The van der Waals surface area contributed by atoms with Crippen molar-refractivity contribution in [1.82, 2.24) is 14.7 Å². The van der Waals surface area contributed by atoms with Crippen molar-refractivity contribution in [3.8, 4) is 0 Å². The molecule has 0 aromatic carbocycles. The molecule has 1 rings (SSSR count). The lowest BCUT2D eigenvalue weighted by atomic mass is 10.3. The largest absolute Gasteiger partial charge is 0.313 e. The van der Waals surface area contributed by atoms with Gasteiger partial charge < -0.3 is 5.32 Å². The van der Waals surface area contributed by atoms with Gasteiger partial charge >= 0.3 is 0 Å². The molecule has 0 saturated heterocycles. The Morgan fingerprint density at radius 1 is 1.57 bits per heavy atom. The fraction of sp³-hybridized carbons (Fsp3) is 0.778. The molecule has 0 amide bonds. The summed E-state index contributed by atoms with van der Waals surface area (Å²) < 4.78 is 5.21. The van der Waals surface area contributed by atoms with E-state index < -0.39 is 0 Å². The number of nitrogens with zero attached hydrogens (tertiary/aromatic N) is 2. The van der Waals surface area contributed by atoms with E-state index in [1.165, 1.54) is 18.0 Å². The molecule has 0 radical (unpaired) electrons. The monoisotopic (exact) mass is 231 g/mol. The van der Waals surface area contributed by atoms with Crippen molar-refractivity contribution in [3.05, 3.63) is 5.82 Å². The van der Waals surface area contributed by atoms with Crippen LogP contribution in [0.3, 0.4) is 0 Å². The van der Waals surface area contributed by atoms with Crippen LogP contribution < -0.4 is 5.32 Å². The van der Waals surface area contributed by atoms with Gasteiger partial charge in [0.1, 0.15) is 5.82 Å². The lowest BCUT2D eigenvalue weighted by molar-refractivity contribution is 0.555. The highest BCUT2D eigenvalue weighted by Gasteiger charge is 2.01. The van der Waals surface area contributed by atoms with Gasteiger partial charge in [-0.3, -0.25) is 0 Å². The summed E-state index contributed by atoms with van der Waals surface area (Å²) in [5.74, 6) is 1.95. The van der Waals surface area contributed by atoms with Gasteiger partial charge in [-0.05, 0) is 31.8 Å². The number of hydrogen-bond donors (Lipinski definition) is 1. The van der Waals surface area contributed by atoms with E-state index in [4.69, 9.17) is 0 Å². The summed E-state index contributed by atoms with van der Waals surface area (Å²) in [7, 11) is 0. The second kappa shape index (κ2) is 6.37. The molecule has 1 N–H and O–H groups in total. The zero-order valence-electron chi connectivity index (χ0n) is 8.91. The van der Waals surface area contributed by atoms with Gasteiger partial charge in [0.2, 0.25) is 0 Å². The van der Waals surface area contributed by atoms with Crippen molar-refractivity contribution in [2.45, 2.75) is 37.6 Å². The van der Waals surface area contributed by atoms with Gasteiger partial charge in [-0.25, -0.2) is 4.98 Å². The summed E-state index contributed by atoms with van der Waals surface area (Å²) >= 11 is 3.26. The minimum absolute atomic E-state index is 0.617. The van der Waals surface area contributed by atoms with Crippen molar-refractivity contribution in [3.63, 3.8) is 0 Å². The van der Waals surface area contributed by atoms with Crippen molar-refractivity contribution < 1.29 is 0 Å². The highest BCUT2D eigenvalue weighted by atomic mass is 32.2. The molecule has 1 aromatic heterocycles. The van der Waals surface area contributed by atoms with Crippen LogP contribution in [0.1, 0.15) is 26.1 Å². The van der Waals surface area contributed by atoms with E-state index in [2.05, 4.69) is 28.5 Å². The average Bonchev–Trinajstić information content (AvgIpc) is 2.58. The maximum Gasteiger partial charge on any atom is 0.170 e. The molecule has 0 fully saturated rings. The maximum atomic E-state index is 4.29. The third kappa shape index (κ3) is 4.39. The molecule has 0 aliphatic heterocycles. The van der Waals surface area contributed by atoms with Crippen LogP contribution in [-0.2, 0) is 0 Å². The SMILES string of the molecule is CCC(C)NCCSc1nc(C)ns1. The van der Waals surface area contributed by atoms with E-state index in [0.29, 0.717) is 6.04 Å². The summed E-state index contributed by atoms with van der Waals surface area (Å²) in [5, 5.41) is 3.44. The Morgan fingerprint density at radius 2 is 2.36 bits per heavy atom. The Bertz CT molecular complexity index is 262. The molecule has 0 saturated carbocycles. The first-order valence-electron chi connectivity index (χ1n) is 4.89. The topological polar surface area (TPSA) is 37.8 Å². The predicted molar refractivity (Wildman–Crippen MR) is 63.1 cm³/mol. The Hall–Kier alpha value is -0.130. The van der Waals surface area contributed by atoms with E-state index in [9.17, 15) is 0 Å². The highest BCUT2D eigenvalue weighted by Crippen LogP contribution is 2.18. The van der Waals surface area contributed by atoms with E-state index in [1.807, 2.05) is 6.92 Å². The van der Waals surface area contributed by atoms with Crippen LogP contribution in [0.25, 0.3) is 0 Å². The van der Waals surface area contributed by atoms with Gasteiger partial charge in [0.25, 0.3) is 0 Å². The van der Waals surface area contributed by atoms with Crippen molar-refractivity contribution >= 4 is 23.3 Å². The van der Waals surface area contributed by atoms with Crippen LogP contribution in [0.2, 0.25) is 0 Å². The number of nitrogens with one attached hydrogen (secondary N) is 1. The van der Waals surface area contributed by atoms with Crippen molar-refractivity contribution in [1.29, 1.82) is 0 Å². The van der Waals surface area contributed by atoms with E-state index >= 15 is 0 Å².